The second-order valence-electron chi connectivity index (χ2n) is 9.99. The molecule has 1 aliphatic carbocycles. The predicted molar refractivity (Wildman–Crippen MR) is 134 cm³/mol. The molecule has 1 aromatic carbocycles. The average molecular weight is 478 g/mol. The number of aromatic nitrogens is 2. The molecule has 1 saturated carbocycles. The number of benzene rings is 1. The van der Waals surface area contributed by atoms with Crippen LogP contribution in [0.15, 0.2) is 36.4 Å². The minimum Gasteiger partial charge on any atom is -0.376 e. The monoisotopic (exact) mass is 477 g/mol. The van der Waals surface area contributed by atoms with Gasteiger partial charge in [-0.25, -0.2) is 0 Å². The van der Waals surface area contributed by atoms with Crippen molar-refractivity contribution in [1.82, 2.24) is 20.0 Å². The third kappa shape index (κ3) is 5.64. The Morgan fingerprint density at radius 1 is 0.971 bits per heavy atom. The van der Waals surface area contributed by atoms with Crippen LogP contribution in [0.5, 0.6) is 0 Å². The number of hydrogen-bond acceptors (Lipinski definition) is 6. The normalized spacial score (nSPS) is 20.5. The van der Waals surface area contributed by atoms with E-state index in [2.05, 4.69) is 46.3 Å². The molecule has 186 valence electrons. The number of amides is 2. The quantitative estimate of drug-likeness (QED) is 0.610. The van der Waals surface area contributed by atoms with Gasteiger partial charge in [-0.1, -0.05) is 36.2 Å². The van der Waals surface area contributed by atoms with Gasteiger partial charge in [-0.2, -0.15) is 0 Å². The second-order valence-corrected chi connectivity index (χ2v) is 9.99. The predicted octanol–water partition coefficient (Wildman–Crippen LogP) is 2.91. The van der Waals surface area contributed by atoms with Crippen LogP contribution in [0.25, 0.3) is 11.3 Å². The summed E-state index contributed by atoms with van der Waals surface area (Å²) in [6.45, 7) is 6.14. The Labute approximate surface area is 207 Å². The standard InChI is InChI=1S/C27H35N5O3/c1-20-7-9-21(10-8-20)24-11-12-25(29-28-24)30-13-15-31(16-14-30)26(33)19-32(18-23-6-3-17-35-23)27(34)22-4-2-5-22/h7-12,22-23H,2-6,13-19H2,1H3. The molecule has 1 atom stereocenters. The number of anilines is 1. The van der Waals surface area contributed by atoms with Crippen LogP contribution in [0.1, 0.15) is 37.7 Å². The molecular formula is C27H35N5O3. The van der Waals surface area contributed by atoms with Gasteiger partial charge in [0.05, 0.1) is 18.3 Å². The van der Waals surface area contributed by atoms with Crippen LogP contribution in [-0.4, -0.2) is 83.8 Å². The molecule has 8 nitrogen and oxygen atoms in total. The van der Waals surface area contributed by atoms with E-state index < -0.39 is 0 Å². The molecule has 1 unspecified atom stereocenters. The molecule has 2 saturated heterocycles. The summed E-state index contributed by atoms with van der Waals surface area (Å²) in [5.41, 5.74) is 3.12. The van der Waals surface area contributed by atoms with Crippen LogP contribution in [-0.2, 0) is 14.3 Å². The first-order chi connectivity index (χ1) is 17.1. The Bertz CT molecular complexity index is 1010. The Kier molecular flexibility index (Phi) is 7.27. The maximum absolute atomic E-state index is 13.1. The number of piperazine rings is 1. The Hall–Kier alpha value is -3.00. The zero-order valence-electron chi connectivity index (χ0n) is 20.6. The molecule has 8 heteroatoms. The van der Waals surface area contributed by atoms with Crippen LogP contribution in [0.2, 0.25) is 0 Å². The molecule has 0 N–H and O–H groups in total. The lowest BCUT2D eigenvalue weighted by molar-refractivity contribution is -0.146. The van der Waals surface area contributed by atoms with Gasteiger partial charge in [0.15, 0.2) is 5.82 Å². The van der Waals surface area contributed by atoms with Gasteiger partial charge in [0.25, 0.3) is 0 Å². The van der Waals surface area contributed by atoms with Gasteiger partial charge in [-0.15, -0.1) is 10.2 Å². The molecule has 2 amide bonds. The van der Waals surface area contributed by atoms with Gasteiger partial charge in [0.1, 0.15) is 0 Å². The van der Waals surface area contributed by atoms with E-state index in [-0.39, 0.29) is 30.4 Å². The van der Waals surface area contributed by atoms with Crippen LogP contribution in [0, 0.1) is 12.8 Å². The fraction of sp³-hybridized carbons (Fsp3) is 0.556. The van der Waals surface area contributed by atoms with Crippen molar-refractivity contribution < 1.29 is 14.3 Å². The van der Waals surface area contributed by atoms with E-state index in [9.17, 15) is 9.59 Å². The fourth-order valence-corrected chi connectivity index (χ4v) is 5.00. The largest absolute Gasteiger partial charge is 0.376 e. The Balaban J connectivity index is 1.15. The first-order valence-corrected chi connectivity index (χ1v) is 12.9. The number of rotatable bonds is 7. The minimum absolute atomic E-state index is 0.0242. The summed E-state index contributed by atoms with van der Waals surface area (Å²) in [5.74, 6) is 1.06. The average Bonchev–Trinajstić information content (AvgIpc) is 3.36. The van der Waals surface area contributed by atoms with Gasteiger partial charge in [-0.05, 0) is 44.7 Å². The first-order valence-electron chi connectivity index (χ1n) is 12.9. The number of carbonyl (C=O) groups is 2. The lowest BCUT2D eigenvalue weighted by Crippen LogP contribution is -2.53. The Morgan fingerprint density at radius 3 is 2.34 bits per heavy atom. The molecule has 0 radical (unpaired) electrons. The molecule has 2 aliphatic heterocycles. The van der Waals surface area contributed by atoms with E-state index in [1.54, 1.807) is 4.90 Å². The summed E-state index contributed by atoms with van der Waals surface area (Å²) in [7, 11) is 0. The van der Waals surface area contributed by atoms with Gasteiger partial charge in [0.2, 0.25) is 11.8 Å². The van der Waals surface area contributed by atoms with E-state index in [1.165, 1.54) is 5.56 Å². The van der Waals surface area contributed by atoms with Crippen molar-refractivity contribution in [3.8, 4) is 11.3 Å². The molecule has 5 rings (SSSR count). The minimum atomic E-state index is 0.0242. The number of hydrogen-bond donors (Lipinski definition) is 0. The van der Waals surface area contributed by atoms with Gasteiger partial charge >= 0.3 is 0 Å². The van der Waals surface area contributed by atoms with Crippen molar-refractivity contribution in [2.45, 2.75) is 45.1 Å². The molecule has 2 aromatic rings. The van der Waals surface area contributed by atoms with Crippen molar-refractivity contribution in [2.75, 3.05) is 50.8 Å². The molecule has 1 aromatic heterocycles. The van der Waals surface area contributed by atoms with E-state index in [0.29, 0.717) is 32.7 Å². The summed E-state index contributed by atoms with van der Waals surface area (Å²) < 4.78 is 5.76. The van der Waals surface area contributed by atoms with Gasteiger partial charge < -0.3 is 19.4 Å². The fourth-order valence-electron chi connectivity index (χ4n) is 5.00. The molecule has 0 spiro atoms. The zero-order valence-corrected chi connectivity index (χ0v) is 20.6. The van der Waals surface area contributed by atoms with E-state index >= 15 is 0 Å². The van der Waals surface area contributed by atoms with Crippen LogP contribution >= 0.6 is 0 Å². The molecular weight excluding hydrogens is 442 g/mol. The maximum Gasteiger partial charge on any atom is 0.242 e. The highest BCUT2D eigenvalue weighted by Gasteiger charge is 2.33. The highest BCUT2D eigenvalue weighted by molar-refractivity contribution is 5.86. The highest BCUT2D eigenvalue weighted by atomic mass is 16.5. The number of carbonyl (C=O) groups excluding carboxylic acids is 2. The summed E-state index contributed by atoms with van der Waals surface area (Å²) in [6, 6.07) is 12.3. The SMILES string of the molecule is Cc1ccc(-c2ccc(N3CCN(C(=O)CN(CC4CCCO4)C(=O)C4CCC4)CC3)nn2)cc1. The van der Waals surface area contributed by atoms with Crippen molar-refractivity contribution in [3.05, 3.63) is 42.0 Å². The first kappa shape index (κ1) is 23.7. The number of ether oxygens (including phenoxy) is 1. The topological polar surface area (TPSA) is 78.9 Å². The summed E-state index contributed by atoms with van der Waals surface area (Å²) in [5, 5.41) is 8.86. The summed E-state index contributed by atoms with van der Waals surface area (Å²) in [6.07, 6.45) is 5.04. The molecule has 3 fully saturated rings. The van der Waals surface area contributed by atoms with Crippen molar-refractivity contribution >= 4 is 17.6 Å². The highest BCUT2D eigenvalue weighted by Crippen LogP contribution is 2.29. The lowest BCUT2D eigenvalue weighted by atomic mass is 9.84. The molecule has 3 heterocycles. The zero-order chi connectivity index (χ0) is 24.2. The number of aryl methyl sites for hydroxylation is 1. The van der Waals surface area contributed by atoms with Crippen LogP contribution in [0.4, 0.5) is 5.82 Å². The van der Waals surface area contributed by atoms with Crippen LogP contribution in [0.3, 0.4) is 0 Å². The number of nitrogens with zero attached hydrogens (tertiary/aromatic N) is 5. The van der Waals surface area contributed by atoms with Crippen molar-refractivity contribution in [2.24, 2.45) is 5.92 Å². The molecule has 35 heavy (non-hydrogen) atoms. The summed E-state index contributed by atoms with van der Waals surface area (Å²) >= 11 is 0. The third-order valence-corrected chi connectivity index (χ3v) is 7.49. The molecule has 3 aliphatic rings. The van der Waals surface area contributed by atoms with Crippen LogP contribution < -0.4 is 4.90 Å². The smallest absolute Gasteiger partial charge is 0.242 e. The van der Waals surface area contributed by atoms with Crippen molar-refractivity contribution in [1.29, 1.82) is 0 Å². The van der Waals surface area contributed by atoms with Gasteiger partial charge in [-0.3, -0.25) is 9.59 Å². The summed E-state index contributed by atoms with van der Waals surface area (Å²) in [4.78, 5) is 31.9. The maximum atomic E-state index is 13.1. The van der Waals surface area contributed by atoms with Crippen molar-refractivity contribution in [3.63, 3.8) is 0 Å². The van der Waals surface area contributed by atoms with E-state index in [4.69, 9.17) is 4.74 Å². The second kappa shape index (κ2) is 10.7. The molecule has 0 bridgehead atoms. The Morgan fingerprint density at radius 2 is 1.74 bits per heavy atom. The third-order valence-electron chi connectivity index (χ3n) is 7.49. The van der Waals surface area contributed by atoms with E-state index in [1.807, 2.05) is 17.0 Å². The lowest BCUT2D eigenvalue weighted by Gasteiger charge is -2.37. The van der Waals surface area contributed by atoms with Gasteiger partial charge in [0, 0.05) is 50.8 Å². The van der Waals surface area contributed by atoms with E-state index in [0.717, 1.165) is 55.8 Å².